The van der Waals surface area contributed by atoms with Crippen LogP contribution in [0.4, 0.5) is 11.5 Å². The first-order valence-corrected chi connectivity index (χ1v) is 8.86. The Balaban J connectivity index is 1.74. The number of ether oxygens (including phenoxy) is 1. The zero-order valence-electron chi connectivity index (χ0n) is 15.1. The first-order chi connectivity index (χ1) is 12.9. The number of aryl methyl sites for hydroxylation is 1. The number of anilines is 2. The van der Waals surface area contributed by atoms with Crippen LogP contribution in [0.15, 0.2) is 60.8 Å². The third-order valence-electron chi connectivity index (χ3n) is 4.05. The van der Waals surface area contributed by atoms with Gasteiger partial charge < -0.3 is 15.8 Å². The molecule has 0 saturated carbocycles. The fraction of sp³-hybridized carbons (Fsp3) is 0.143. The van der Waals surface area contributed by atoms with E-state index in [9.17, 15) is 4.79 Å². The van der Waals surface area contributed by atoms with Gasteiger partial charge in [-0.05, 0) is 43.7 Å². The van der Waals surface area contributed by atoms with Gasteiger partial charge >= 0.3 is 0 Å². The Morgan fingerprint density at radius 3 is 2.74 bits per heavy atom. The molecule has 0 bridgehead atoms. The fourth-order valence-electron chi connectivity index (χ4n) is 2.64. The topological polar surface area (TPSA) is 77.2 Å². The summed E-state index contributed by atoms with van der Waals surface area (Å²) in [6.45, 7) is 3.84. The highest BCUT2D eigenvalue weighted by Gasteiger charge is 2.13. The molecule has 0 fully saturated rings. The lowest BCUT2D eigenvalue weighted by molar-refractivity contribution is 0.102. The van der Waals surface area contributed by atoms with Crippen LogP contribution < -0.4 is 15.8 Å². The van der Waals surface area contributed by atoms with E-state index in [0.29, 0.717) is 22.0 Å². The van der Waals surface area contributed by atoms with Crippen molar-refractivity contribution in [2.75, 3.05) is 11.1 Å². The lowest BCUT2D eigenvalue weighted by Crippen LogP contribution is -2.12. The fourth-order valence-corrected chi connectivity index (χ4v) is 2.79. The first kappa shape index (κ1) is 18.7. The maximum absolute atomic E-state index is 12.4. The summed E-state index contributed by atoms with van der Waals surface area (Å²) in [6.07, 6.45) is 1.17. The van der Waals surface area contributed by atoms with Crippen molar-refractivity contribution in [3.8, 4) is 5.75 Å². The van der Waals surface area contributed by atoms with Crippen molar-refractivity contribution < 1.29 is 9.53 Å². The lowest BCUT2D eigenvalue weighted by Gasteiger charge is -2.17. The maximum atomic E-state index is 12.4. The monoisotopic (exact) mass is 381 g/mol. The molecule has 1 aromatic heterocycles. The highest BCUT2D eigenvalue weighted by molar-refractivity contribution is 6.30. The molecule has 3 rings (SSSR count). The van der Waals surface area contributed by atoms with Crippen molar-refractivity contribution in [1.29, 1.82) is 0 Å². The van der Waals surface area contributed by atoms with Gasteiger partial charge in [-0.2, -0.15) is 0 Å². The summed E-state index contributed by atoms with van der Waals surface area (Å²) < 4.78 is 5.89. The van der Waals surface area contributed by atoms with Crippen molar-refractivity contribution in [2.45, 2.75) is 20.0 Å². The van der Waals surface area contributed by atoms with Gasteiger partial charge in [0.1, 0.15) is 6.10 Å². The second kappa shape index (κ2) is 8.10. The van der Waals surface area contributed by atoms with Crippen LogP contribution in [0.5, 0.6) is 5.75 Å². The molecule has 0 unspecified atom stereocenters. The highest BCUT2D eigenvalue weighted by Crippen LogP contribution is 2.29. The standard InChI is InChI=1S/C21H20ClN3O2/c1-13-5-3-7-16(9-13)21(26)25-18-8-4-6-15(10-18)14(2)27-19-11-17(22)12-24-20(19)23/h3-12,14H,1-2H3,(H2,23,24)(H,25,26)/t14-/m0/s1. The van der Waals surface area contributed by atoms with Crippen molar-refractivity contribution in [3.63, 3.8) is 0 Å². The molecule has 27 heavy (non-hydrogen) atoms. The second-order valence-electron chi connectivity index (χ2n) is 6.25. The zero-order chi connectivity index (χ0) is 19.4. The molecule has 0 radical (unpaired) electrons. The number of amides is 1. The third-order valence-corrected chi connectivity index (χ3v) is 4.25. The summed E-state index contributed by atoms with van der Waals surface area (Å²) >= 11 is 5.95. The van der Waals surface area contributed by atoms with Crippen LogP contribution in [0.25, 0.3) is 0 Å². The SMILES string of the molecule is Cc1cccc(C(=O)Nc2cccc([C@H](C)Oc3cc(Cl)cnc3N)c2)c1. The van der Waals surface area contributed by atoms with Crippen LogP contribution in [-0.4, -0.2) is 10.9 Å². The van der Waals surface area contributed by atoms with Gasteiger partial charge in [-0.15, -0.1) is 0 Å². The molecule has 0 saturated heterocycles. The molecular weight excluding hydrogens is 362 g/mol. The minimum atomic E-state index is -0.302. The molecule has 6 heteroatoms. The molecular formula is C21H20ClN3O2. The molecule has 1 atom stereocenters. The number of nitrogens with one attached hydrogen (secondary N) is 1. The number of benzene rings is 2. The van der Waals surface area contributed by atoms with Crippen molar-refractivity contribution in [1.82, 2.24) is 4.98 Å². The number of hydrogen-bond donors (Lipinski definition) is 2. The van der Waals surface area contributed by atoms with E-state index in [0.717, 1.165) is 11.1 Å². The number of carbonyl (C=O) groups excluding carboxylic acids is 1. The van der Waals surface area contributed by atoms with E-state index in [-0.39, 0.29) is 17.8 Å². The van der Waals surface area contributed by atoms with Gasteiger partial charge in [0.25, 0.3) is 5.91 Å². The van der Waals surface area contributed by atoms with E-state index >= 15 is 0 Å². The number of hydrogen-bond acceptors (Lipinski definition) is 4. The minimum absolute atomic E-state index is 0.160. The van der Waals surface area contributed by atoms with Gasteiger partial charge in [-0.25, -0.2) is 4.98 Å². The predicted octanol–water partition coefficient (Wildman–Crippen LogP) is 5.02. The normalized spacial score (nSPS) is 11.7. The molecule has 0 spiro atoms. The quantitative estimate of drug-likeness (QED) is 0.650. The van der Waals surface area contributed by atoms with Crippen LogP contribution in [0.2, 0.25) is 5.02 Å². The van der Waals surface area contributed by atoms with Crippen LogP contribution >= 0.6 is 11.6 Å². The lowest BCUT2D eigenvalue weighted by atomic mass is 10.1. The highest BCUT2D eigenvalue weighted by atomic mass is 35.5. The van der Waals surface area contributed by atoms with E-state index in [4.69, 9.17) is 22.1 Å². The Hall–Kier alpha value is -3.05. The number of pyridine rings is 1. The van der Waals surface area contributed by atoms with Crippen LogP contribution in [0.3, 0.4) is 0 Å². The number of rotatable bonds is 5. The second-order valence-corrected chi connectivity index (χ2v) is 6.68. The van der Waals surface area contributed by atoms with Crippen molar-refractivity contribution in [3.05, 3.63) is 82.5 Å². The number of nitrogens with two attached hydrogens (primary N) is 1. The molecule has 0 aliphatic carbocycles. The van der Waals surface area contributed by atoms with Gasteiger partial charge in [0.15, 0.2) is 11.6 Å². The summed E-state index contributed by atoms with van der Waals surface area (Å²) in [4.78, 5) is 16.4. The van der Waals surface area contributed by atoms with E-state index in [1.807, 2.05) is 56.3 Å². The number of carbonyl (C=O) groups is 1. The number of aromatic nitrogens is 1. The molecule has 0 aliphatic rings. The Morgan fingerprint density at radius 2 is 1.96 bits per heavy atom. The number of nitrogen functional groups attached to an aromatic ring is 1. The Kier molecular flexibility index (Phi) is 5.62. The van der Waals surface area contributed by atoms with Gasteiger partial charge in [-0.3, -0.25) is 4.79 Å². The number of halogens is 1. The summed E-state index contributed by atoms with van der Waals surface area (Å²) in [7, 11) is 0. The average molecular weight is 382 g/mol. The molecule has 0 aliphatic heterocycles. The van der Waals surface area contributed by atoms with E-state index in [1.54, 1.807) is 12.1 Å². The molecule has 138 valence electrons. The smallest absolute Gasteiger partial charge is 0.255 e. The Bertz CT molecular complexity index is 975. The average Bonchev–Trinajstić information content (AvgIpc) is 2.65. The van der Waals surface area contributed by atoms with Crippen LogP contribution in [0, 0.1) is 6.92 Å². The minimum Gasteiger partial charge on any atom is -0.482 e. The van der Waals surface area contributed by atoms with E-state index in [2.05, 4.69) is 10.3 Å². The summed E-state index contributed by atoms with van der Waals surface area (Å²) in [6, 6.07) is 16.6. The molecule has 3 aromatic rings. The zero-order valence-corrected chi connectivity index (χ0v) is 15.8. The molecule has 1 amide bonds. The summed E-state index contributed by atoms with van der Waals surface area (Å²) in [5.74, 6) is 0.534. The maximum Gasteiger partial charge on any atom is 0.255 e. The predicted molar refractivity (Wildman–Crippen MR) is 108 cm³/mol. The molecule has 2 aromatic carbocycles. The number of nitrogens with zero attached hydrogens (tertiary/aromatic N) is 1. The van der Waals surface area contributed by atoms with Gasteiger partial charge in [0.2, 0.25) is 0 Å². The van der Waals surface area contributed by atoms with Crippen molar-refractivity contribution in [2.24, 2.45) is 0 Å². The van der Waals surface area contributed by atoms with Crippen LogP contribution in [-0.2, 0) is 0 Å². The third kappa shape index (κ3) is 4.77. The van der Waals surface area contributed by atoms with Crippen molar-refractivity contribution >= 4 is 29.0 Å². The molecule has 1 heterocycles. The van der Waals surface area contributed by atoms with E-state index < -0.39 is 0 Å². The summed E-state index contributed by atoms with van der Waals surface area (Å²) in [5.41, 5.74) is 9.06. The van der Waals surface area contributed by atoms with Gasteiger partial charge in [0, 0.05) is 23.5 Å². The van der Waals surface area contributed by atoms with Gasteiger partial charge in [0.05, 0.1) is 5.02 Å². The Morgan fingerprint density at radius 1 is 1.19 bits per heavy atom. The van der Waals surface area contributed by atoms with Gasteiger partial charge in [-0.1, -0.05) is 41.4 Å². The molecule has 5 nitrogen and oxygen atoms in total. The first-order valence-electron chi connectivity index (χ1n) is 8.48. The summed E-state index contributed by atoms with van der Waals surface area (Å²) in [5, 5.41) is 3.36. The largest absolute Gasteiger partial charge is 0.482 e. The Labute approximate surface area is 163 Å². The molecule has 3 N–H and O–H groups in total. The van der Waals surface area contributed by atoms with Crippen LogP contribution in [0.1, 0.15) is 34.5 Å². The van der Waals surface area contributed by atoms with E-state index in [1.165, 1.54) is 6.20 Å².